The molecule has 1 rings (SSSR count). The highest BCUT2D eigenvalue weighted by Crippen LogP contribution is 2.25. The normalized spacial score (nSPS) is 13.1. The fourth-order valence-electron chi connectivity index (χ4n) is 2.09. The molecule has 0 amide bonds. The van der Waals surface area contributed by atoms with E-state index in [0.717, 1.165) is 23.3 Å². The van der Waals surface area contributed by atoms with Crippen molar-refractivity contribution in [1.82, 2.24) is 0 Å². The van der Waals surface area contributed by atoms with Crippen LogP contribution in [0.15, 0.2) is 67.5 Å². The highest BCUT2D eigenvalue weighted by molar-refractivity contribution is 5.78. The van der Waals surface area contributed by atoms with Crippen LogP contribution in [0.25, 0.3) is 5.57 Å². The SMILES string of the molecule is C=C/C(=C\C=C(/C=C)c1ccc(OC(C)(C)CC)cc1)OC(=O)C(C)(C)CC. The second-order valence-corrected chi connectivity index (χ2v) is 7.97. The Morgan fingerprint density at radius 3 is 2.04 bits per heavy atom. The standard InChI is InChI=1S/C25H34O3/c1-9-19(13-16-21(10-2)27-23(26)24(5,6)11-3)20-14-17-22(18-15-20)28-25(7,8)12-4/h9-10,13-18H,1-2,11-12H2,3-8H3/b19-13+,21-16+. The molecule has 0 aliphatic carbocycles. The van der Waals surface area contributed by atoms with Crippen LogP contribution >= 0.6 is 0 Å². The molecule has 0 spiro atoms. The molecule has 152 valence electrons. The number of allylic oxidation sites excluding steroid dienone is 5. The lowest BCUT2D eigenvalue weighted by atomic mass is 9.91. The molecule has 0 saturated carbocycles. The summed E-state index contributed by atoms with van der Waals surface area (Å²) in [4.78, 5) is 12.3. The van der Waals surface area contributed by atoms with Gasteiger partial charge in [-0.05, 0) is 76.0 Å². The van der Waals surface area contributed by atoms with E-state index in [-0.39, 0.29) is 11.6 Å². The predicted molar refractivity (Wildman–Crippen MR) is 118 cm³/mol. The van der Waals surface area contributed by atoms with Gasteiger partial charge in [0.05, 0.1) is 5.41 Å². The average Bonchev–Trinajstić information content (AvgIpc) is 2.68. The number of esters is 1. The van der Waals surface area contributed by atoms with E-state index in [1.807, 2.05) is 51.1 Å². The summed E-state index contributed by atoms with van der Waals surface area (Å²) in [5, 5.41) is 0. The minimum absolute atomic E-state index is 0.198. The van der Waals surface area contributed by atoms with Crippen molar-refractivity contribution in [2.75, 3.05) is 0 Å². The van der Waals surface area contributed by atoms with E-state index in [4.69, 9.17) is 9.47 Å². The number of rotatable bonds is 10. The molecule has 3 nitrogen and oxygen atoms in total. The molecule has 0 saturated heterocycles. The highest BCUT2D eigenvalue weighted by atomic mass is 16.5. The number of hydrogen-bond donors (Lipinski definition) is 0. The first-order valence-electron chi connectivity index (χ1n) is 9.77. The molecule has 0 radical (unpaired) electrons. The molecular formula is C25H34O3. The Kier molecular flexibility index (Phi) is 8.49. The summed E-state index contributed by atoms with van der Waals surface area (Å²) in [6.45, 7) is 19.6. The van der Waals surface area contributed by atoms with Gasteiger partial charge in [-0.1, -0.05) is 51.3 Å². The first-order valence-corrected chi connectivity index (χ1v) is 9.77. The number of hydrogen-bond acceptors (Lipinski definition) is 3. The Bertz CT molecular complexity index is 747. The zero-order valence-electron chi connectivity index (χ0n) is 18.2. The monoisotopic (exact) mass is 382 g/mol. The second-order valence-electron chi connectivity index (χ2n) is 7.97. The smallest absolute Gasteiger partial charge is 0.316 e. The third-order valence-corrected chi connectivity index (χ3v) is 4.93. The molecule has 0 heterocycles. The summed E-state index contributed by atoms with van der Waals surface area (Å²) in [7, 11) is 0. The Labute approximate surface area is 170 Å². The van der Waals surface area contributed by atoms with E-state index in [1.54, 1.807) is 12.2 Å². The van der Waals surface area contributed by atoms with Crippen molar-refractivity contribution >= 4 is 11.5 Å². The van der Waals surface area contributed by atoms with Crippen molar-refractivity contribution in [2.24, 2.45) is 5.41 Å². The highest BCUT2D eigenvalue weighted by Gasteiger charge is 2.27. The molecule has 1 aromatic rings. The van der Waals surface area contributed by atoms with Crippen LogP contribution in [0, 0.1) is 5.41 Å². The fraction of sp³-hybridized carbons (Fsp3) is 0.400. The first kappa shape index (κ1) is 23.5. The van der Waals surface area contributed by atoms with Gasteiger partial charge >= 0.3 is 5.97 Å². The maximum atomic E-state index is 12.3. The van der Waals surface area contributed by atoms with E-state index in [0.29, 0.717) is 12.2 Å². The molecule has 0 aliphatic heterocycles. The molecule has 0 unspecified atom stereocenters. The lowest BCUT2D eigenvalue weighted by Crippen LogP contribution is -2.26. The molecule has 28 heavy (non-hydrogen) atoms. The lowest BCUT2D eigenvalue weighted by Gasteiger charge is -2.24. The zero-order valence-corrected chi connectivity index (χ0v) is 18.2. The molecule has 0 aliphatic rings. The van der Waals surface area contributed by atoms with Gasteiger partial charge in [-0.25, -0.2) is 0 Å². The molecule has 0 N–H and O–H groups in total. The van der Waals surface area contributed by atoms with E-state index in [2.05, 4.69) is 33.9 Å². The van der Waals surface area contributed by atoms with Crippen molar-refractivity contribution in [2.45, 2.75) is 60.0 Å². The van der Waals surface area contributed by atoms with Gasteiger partial charge in [0.2, 0.25) is 0 Å². The van der Waals surface area contributed by atoms with Crippen molar-refractivity contribution in [3.8, 4) is 5.75 Å². The Balaban J connectivity index is 3.00. The molecule has 0 fully saturated rings. The van der Waals surface area contributed by atoms with Crippen LogP contribution in [0.5, 0.6) is 5.75 Å². The molecule has 3 heteroatoms. The van der Waals surface area contributed by atoms with Crippen LogP contribution in [0.1, 0.15) is 59.9 Å². The molecule has 0 aromatic heterocycles. The van der Waals surface area contributed by atoms with Crippen molar-refractivity contribution in [1.29, 1.82) is 0 Å². The summed E-state index contributed by atoms with van der Waals surface area (Å²) in [5.74, 6) is 0.974. The maximum Gasteiger partial charge on any atom is 0.316 e. The topological polar surface area (TPSA) is 35.5 Å². The molecule has 1 aromatic carbocycles. The molecule has 0 bridgehead atoms. The molecule has 0 atom stereocenters. The Morgan fingerprint density at radius 2 is 1.57 bits per heavy atom. The average molecular weight is 383 g/mol. The van der Waals surface area contributed by atoms with Gasteiger partial charge in [0.1, 0.15) is 17.1 Å². The maximum absolute atomic E-state index is 12.3. The van der Waals surface area contributed by atoms with Gasteiger partial charge in [0, 0.05) is 0 Å². The minimum atomic E-state index is -0.533. The number of ether oxygens (including phenoxy) is 2. The van der Waals surface area contributed by atoms with E-state index >= 15 is 0 Å². The van der Waals surface area contributed by atoms with Crippen LogP contribution in [0.4, 0.5) is 0 Å². The summed E-state index contributed by atoms with van der Waals surface area (Å²) in [6.07, 6.45) is 8.52. The number of benzene rings is 1. The summed E-state index contributed by atoms with van der Waals surface area (Å²) < 4.78 is 11.5. The van der Waals surface area contributed by atoms with Crippen LogP contribution in [0.3, 0.4) is 0 Å². The van der Waals surface area contributed by atoms with E-state index in [1.165, 1.54) is 6.08 Å². The third kappa shape index (κ3) is 6.88. The van der Waals surface area contributed by atoms with Gasteiger partial charge in [0.25, 0.3) is 0 Å². The quantitative estimate of drug-likeness (QED) is 0.251. The second kappa shape index (κ2) is 10.1. The van der Waals surface area contributed by atoms with Crippen molar-refractivity contribution < 1.29 is 14.3 Å². The lowest BCUT2D eigenvalue weighted by molar-refractivity contribution is -0.149. The van der Waals surface area contributed by atoms with E-state index < -0.39 is 5.41 Å². The van der Waals surface area contributed by atoms with Gasteiger partial charge in [0.15, 0.2) is 0 Å². The number of carbonyl (C=O) groups excluding carboxylic acids is 1. The predicted octanol–water partition coefficient (Wildman–Crippen LogP) is 6.87. The fourth-order valence-corrected chi connectivity index (χ4v) is 2.09. The van der Waals surface area contributed by atoms with Gasteiger partial charge in [-0.2, -0.15) is 0 Å². The van der Waals surface area contributed by atoms with E-state index in [9.17, 15) is 4.79 Å². The van der Waals surface area contributed by atoms with Crippen LogP contribution in [-0.2, 0) is 9.53 Å². The van der Waals surface area contributed by atoms with Crippen LogP contribution in [-0.4, -0.2) is 11.6 Å². The van der Waals surface area contributed by atoms with Crippen molar-refractivity contribution in [3.63, 3.8) is 0 Å². The zero-order chi connectivity index (χ0) is 21.4. The Hall–Kier alpha value is -2.55. The molecular weight excluding hydrogens is 348 g/mol. The number of carbonyl (C=O) groups is 1. The summed E-state index contributed by atoms with van der Waals surface area (Å²) >= 11 is 0. The van der Waals surface area contributed by atoms with Crippen molar-refractivity contribution in [3.05, 3.63) is 73.1 Å². The largest absolute Gasteiger partial charge is 0.488 e. The third-order valence-electron chi connectivity index (χ3n) is 4.93. The van der Waals surface area contributed by atoms with Gasteiger partial charge < -0.3 is 9.47 Å². The van der Waals surface area contributed by atoms with Crippen LogP contribution < -0.4 is 4.74 Å². The summed E-state index contributed by atoms with van der Waals surface area (Å²) in [5.41, 5.74) is 1.17. The van der Waals surface area contributed by atoms with Gasteiger partial charge in [-0.15, -0.1) is 0 Å². The van der Waals surface area contributed by atoms with Crippen LogP contribution in [0.2, 0.25) is 0 Å². The Morgan fingerprint density at radius 1 is 0.964 bits per heavy atom. The summed E-state index contributed by atoms with van der Waals surface area (Å²) in [6, 6.07) is 7.88. The van der Waals surface area contributed by atoms with Gasteiger partial charge in [-0.3, -0.25) is 4.79 Å². The first-order chi connectivity index (χ1) is 13.1. The minimum Gasteiger partial charge on any atom is -0.488 e.